The lowest BCUT2D eigenvalue weighted by atomic mass is 10.2. The molecule has 1 heterocycles. The fourth-order valence-electron chi connectivity index (χ4n) is 2.18. The molecule has 2 rings (SSSR count). The van der Waals surface area contributed by atoms with Crippen LogP contribution in [0.1, 0.15) is 43.3 Å². The van der Waals surface area contributed by atoms with Gasteiger partial charge in [0.15, 0.2) is 0 Å². The number of carbonyl (C=O) groups is 2. The van der Waals surface area contributed by atoms with Crippen LogP contribution in [0, 0.1) is 6.92 Å². The summed E-state index contributed by atoms with van der Waals surface area (Å²) in [5, 5.41) is 3.89. The van der Waals surface area contributed by atoms with Crippen LogP contribution in [0.5, 0.6) is 0 Å². The topological polar surface area (TPSA) is 59.1 Å². The van der Waals surface area contributed by atoms with Crippen molar-refractivity contribution in [3.63, 3.8) is 0 Å². The van der Waals surface area contributed by atoms with Gasteiger partial charge in [0.05, 0.1) is 16.6 Å². The predicted molar refractivity (Wildman–Crippen MR) is 88.8 cm³/mol. The second kappa shape index (κ2) is 7.31. The largest absolute Gasteiger partial charge is 0.349 e. The molecule has 116 valence electrons. The molecular weight excluding hydrogens is 296 g/mol. The molecule has 0 aliphatic rings. The van der Waals surface area contributed by atoms with Gasteiger partial charge in [0.2, 0.25) is 5.91 Å². The first-order chi connectivity index (χ1) is 10.5. The van der Waals surface area contributed by atoms with Crippen molar-refractivity contribution in [1.82, 2.24) is 10.3 Å². The highest BCUT2D eigenvalue weighted by molar-refractivity contribution is 7.15. The minimum Gasteiger partial charge on any atom is -0.349 e. The molecule has 5 heteroatoms. The number of nitrogens with one attached hydrogen (secondary N) is 1. The molecule has 0 fully saturated rings. The minimum absolute atomic E-state index is 0.0307. The summed E-state index contributed by atoms with van der Waals surface area (Å²) in [6.45, 7) is 5.40. The lowest BCUT2D eigenvalue weighted by molar-refractivity contribution is -0.125. The average Bonchev–Trinajstić information content (AvgIpc) is 2.88. The quantitative estimate of drug-likeness (QED) is 0.884. The predicted octanol–water partition coefficient (Wildman–Crippen LogP) is 3.66. The summed E-state index contributed by atoms with van der Waals surface area (Å²) in [4.78, 5) is 28.4. The maximum Gasteiger partial charge on any atom is 0.220 e. The van der Waals surface area contributed by atoms with E-state index < -0.39 is 0 Å². The van der Waals surface area contributed by atoms with E-state index in [1.54, 1.807) is 11.3 Å². The van der Waals surface area contributed by atoms with E-state index in [1.807, 2.05) is 44.2 Å². The minimum atomic E-state index is -0.102. The van der Waals surface area contributed by atoms with Crippen molar-refractivity contribution in [2.45, 2.75) is 39.7 Å². The third-order valence-corrected chi connectivity index (χ3v) is 4.72. The van der Waals surface area contributed by atoms with Crippen molar-refractivity contribution in [3.8, 4) is 10.6 Å². The number of benzene rings is 1. The molecule has 1 atom stereocenters. The highest BCUT2D eigenvalue weighted by Gasteiger charge is 2.17. The molecule has 4 nitrogen and oxygen atoms in total. The number of ketones is 1. The molecule has 0 radical (unpaired) electrons. The Labute approximate surface area is 134 Å². The van der Waals surface area contributed by atoms with Crippen molar-refractivity contribution in [3.05, 3.63) is 40.9 Å². The number of aryl methyl sites for hydroxylation is 1. The van der Waals surface area contributed by atoms with Gasteiger partial charge >= 0.3 is 0 Å². The molecule has 0 saturated heterocycles. The SMILES string of the molecule is CC(=O)CCC(=O)NC(C)c1sc(-c2ccccc2)nc1C. The number of nitrogens with zero attached hydrogens (tertiary/aromatic N) is 1. The van der Waals surface area contributed by atoms with Crippen LogP contribution in [-0.2, 0) is 9.59 Å². The third-order valence-electron chi connectivity index (χ3n) is 3.33. The van der Waals surface area contributed by atoms with Gasteiger partial charge in [0, 0.05) is 18.4 Å². The van der Waals surface area contributed by atoms with Gasteiger partial charge in [-0.1, -0.05) is 30.3 Å². The number of hydrogen-bond acceptors (Lipinski definition) is 4. The van der Waals surface area contributed by atoms with E-state index >= 15 is 0 Å². The molecule has 0 aliphatic carbocycles. The normalized spacial score (nSPS) is 12.0. The Balaban J connectivity index is 2.07. The fourth-order valence-corrected chi connectivity index (χ4v) is 3.26. The van der Waals surface area contributed by atoms with E-state index in [4.69, 9.17) is 0 Å². The third kappa shape index (κ3) is 4.24. The summed E-state index contributed by atoms with van der Waals surface area (Å²) in [6, 6.07) is 9.89. The van der Waals surface area contributed by atoms with E-state index in [-0.39, 0.29) is 30.6 Å². The Bertz CT molecular complexity index is 665. The summed E-state index contributed by atoms with van der Waals surface area (Å²) in [5.41, 5.74) is 2.01. The van der Waals surface area contributed by atoms with Crippen LogP contribution >= 0.6 is 11.3 Å². The molecule has 0 aliphatic heterocycles. The monoisotopic (exact) mass is 316 g/mol. The van der Waals surface area contributed by atoms with Gasteiger partial charge in [0.25, 0.3) is 0 Å². The first-order valence-electron chi connectivity index (χ1n) is 7.29. The van der Waals surface area contributed by atoms with Crippen LogP contribution in [0.2, 0.25) is 0 Å². The van der Waals surface area contributed by atoms with Gasteiger partial charge in [-0.05, 0) is 20.8 Å². The number of amides is 1. The van der Waals surface area contributed by atoms with Gasteiger partial charge in [0.1, 0.15) is 10.8 Å². The van der Waals surface area contributed by atoms with E-state index in [2.05, 4.69) is 10.3 Å². The first-order valence-corrected chi connectivity index (χ1v) is 8.10. The summed E-state index contributed by atoms with van der Waals surface area (Å²) in [5.74, 6) is -0.0695. The van der Waals surface area contributed by atoms with Crippen LogP contribution in [-0.4, -0.2) is 16.7 Å². The highest BCUT2D eigenvalue weighted by Crippen LogP contribution is 2.31. The zero-order valence-electron chi connectivity index (χ0n) is 13.1. The molecule has 0 bridgehead atoms. The number of carbonyl (C=O) groups excluding carboxylic acids is 2. The molecule has 1 amide bonds. The van der Waals surface area contributed by atoms with Crippen molar-refractivity contribution >= 4 is 23.0 Å². The van der Waals surface area contributed by atoms with Crippen LogP contribution in [0.3, 0.4) is 0 Å². The summed E-state index contributed by atoms with van der Waals surface area (Å²) >= 11 is 1.59. The van der Waals surface area contributed by atoms with Gasteiger partial charge < -0.3 is 10.1 Å². The molecular formula is C17H20N2O2S. The second-order valence-electron chi connectivity index (χ2n) is 5.33. The molecule has 1 unspecified atom stereocenters. The van der Waals surface area contributed by atoms with Crippen molar-refractivity contribution in [2.75, 3.05) is 0 Å². The number of Topliss-reactive ketones (excluding diaryl/α,β-unsaturated/α-hetero) is 1. The van der Waals surface area contributed by atoms with E-state index in [9.17, 15) is 9.59 Å². The highest BCUT2D eigenvalue weighted by atomic mass is 32.1. The van der Waals surface area contributed by atoms with E-state index in [1.165, 1.54) is 6.92 Å². The van der Waals surface area contributed by atoms with E-state index in [0.29, 0.717) is 0 Å². The first kappa shape index (κ1) is 16.4. The van der Waals surface area contributed by atoms with Crippen LogP contribution in [0.25, 0.3) is 10.6 Å². The Morgan fingerprint density at radius 3 is 2.55 bits per heavy atom. The van der Waals surface area contributed by atoms with Gasteiger partial charge in [-0.2, -0.15) is 0 Å². The zero-order chi connectivity index (χ0) is 16.1. The summed E-state index contributed by atoms with van der Waals surface area (Å²) < 4.78 is 0. The number of thiazole rings is 1. The summed E-state index contributed by atoms with van der Waals surface area (Å²) in [7, 11) is 0. The molecule has 1 aromatic carbocycles. The van der Waals surface area contributed by atoms with Crippen LogP contribution < -0.4 is 5.32 Å². The summed E-state index contributed by atoms with van der Waals surface area (Å²) in [6.07, 6.45) is 0.526. The number of hydrogen-bond donors (Lipinski definition) is 1. The van der Waals surface area contributed by atoms with Gasteiger partial charge in [-0.15, -0.1) is 11.3 Å². The van der Waals surface area contributed by atoms with Crippen molar-refractivity contribution in [1.29, 1.82) is 0 Å². The maximum atomic E-state index is 11.8. The number of rotatable bonds is 6. The fraction of sp³-hybridized carbons (Fsp3) is 0.353. The van der Waals surface area contributed by atoms with Crippen LogP contribution in [0.15, 0.2) is 30.3 Å². The van der Waals surface area contributed by atoms with Crippen molar-refractivity contribution < 1.29 is 9.59 Å². The maximum absolute atomic E-state index is 11.8. The Hall–Kier alpha value is -2.01. The number of aromatic nitrogens is 1. The van der Waals surface area contributed by atoms with Gasteiger partial charge in [-0.25, -0.2) is 4.98 Å². The van der Waals surface area contributed by atoms with E-state index in [0.717, 1.165) is 21.1 Å². The molecule has 2 aromatic rings. The average molecular weight is 316 g/mol. The molecule has 0 spiro atoms. The Morgan fingerprint density at radius 1 is 1.23 bits per heavy atom. The molecule has 22 heavy (non-hydrogen) atoms. The lowest BCUT2D eigenvalue weighted by Crippen LogP contribution is -2.26. The zero-order valence-corrected chi connectivity index (χ0v) is 13.9. The standard InChI is InChI=1S/C17H20N2O2S/c1-11(20)9-10-15(21)18-12(2)16-13(3)19-17(22-16)14-7-5-4-6-8-14/h4-8,12H,9-10H2,1-3H3,(H,18,21). The van der Waals surface area contributed by atoms with Gasteiger partial charge in [-0.3, -0.25) is 4.79 Å². The Kier molecular flexibility index (Phi) is 5.44. The second-order valence-corrected chi connectivity index (χ2v) is 6.36. The molecule has 0 saturated carbocycles. The van der Waals surface area contributed by atoms with Crippen molar-refractivity contribution in [2.24, 2.45) is 0 Å². The molecule has 1 aromatic heterocycles. The molecule has 1 N–H and O–H groups in total. The van der Waals surface area contributed by atoms with Crippen LogP contribution in [0.4, 0.5) is 0 Å². The smallest absolute Gasteiger partial charge is 0.220 e. The lowest BCUT2D eigenvalue weighted by Gasteiger charge is -2.12. The Morgan fingerprint density at radius 2 is 1.91 bits per heavy atom.